The lowest BCUT2D eigenvalue weighted by molar-refractivity contribution is -0.182. The monoisotopic (exact) mass is 536 g/mol. The maximum absolute atomic E-state index is 13.3. The summed E-state index contributed by atoms with van der Waals surface area (Å²) in [7, 11) is 0. The zero-order valence-corrected chi connectivity index (χ0v) is 24.4. The van der Waals surface area contributed by atoms with Crippen molar-refractivity contribution in [3.63, 3.8) is 0 Å². The van der Waals surface area contributed by atoms with Crippen LogP contribution in [0.25, 0.3) is 0 Å². The Labute approximate surface area is 226 Å². The zero-order valence-electron chi connectivity index (χ0n) is 24.4. The zero-order chi connectivity index (χ0) is 28.9. The van der Waals surface area contributed by atoms with Crippen molar-refractivity contribution >= 4 is 23.9 Å². The number of esters is 4. The van der Waals surface area contributed by atoms with Crippen LogP contribution in [0.2, 0.25) is 0 Å². The van der Waals surface area contributed by atoms with Crippen LogP contribution < -0.4 is 0 Å². The molecule has 1 fully saturated rings. The maximum Gasteiger partial charge on any atom is 0.334 e. The molecule has 214 valence electrons. The molecule has 0 bridgehead atoms. The third kappa shape index (κ3) is 7.68. The quantitative estimate of drug-likeness (QED) is 0.146. The van der Waals surface area contributed by atoms with E-state index in [1.54, 1.807) is 33.8 Å². The van der Waals surface area contributed by atoms with Crippen molar-refractivity contribution in [2.24, 2.45) is 17.8 Å². The Morgan fingerprint density at radius 3 is 2.16 bits per heavy atom. The van der Waals surface area contributed by atoms with E-state index < -0.39 is 71.8 Å². The van der Waals surface area contributed by atoms with E-state index in [2.05, 4.69) is 0 Å². The van der Waals surface area contributed by atoms with Gasteiger partial charge in [0.2, 0.25) is 0 Å². The number of carbonyl (C=O) groups is 4. The van der Waals surface area contributed by atoms with Crippen LogP contribution in [0.15, 0.2) is 23.3 Å². The third-order valence-corrected chi connectivity index (χ3v) is 7.59. The second-order valence-corrected chi connectivity index (χ2v) is 11.0. The van der Waals surface area contributed by atoms with Crippen LogP contribution in [0.5, 0.6) is 0 Å². The standard InChI is InChI=1S/C29H44O9/c1-11-16(4)27(32)36-23-17(5)13-12-14-29(10)26(38-29)25(22(15(2)3)24(23)35-21(9)31)37-28(33)18(6)19(7)34-20(8)30/h11,13,15,18-19,22-26H,12,14H2,1-10H3. The van der Waals surface area contributed by atoms with E-state index in [1.807, 2.05) is 33.8 Å². The highest BCUT2D eigenvalue weighted by Crippen LogP contribution is 2.48. The number of fused-ring (bicyclic) bond motifs is 1. The summed E-state index contributed by atoms with van der Waals surface area (Å²) in [6, 6.07) is 0. The van der Waals surface area contributed by atoms with Gasteiger partial charge in [0.25, 0.3) is 0 Å². The minimum Gasteiger partial charge on any atom is -0.462 e. The summed E-state index contributed by atoms with van der Waals surface area (Å²) in [6.07, 6.45) is 1.15. The van der Waals surface area contributed by atoms with Gasteiger partial charge in [-0.25, -0.2) is 4.79 Å². The Bertz CT molecular complexity index is 965. The Kier molecular flexibility index (Phi) is 10.7. The molecule has 2 aliphatic rings. The fourth-order valence-corrected chi connectivity index (χ4v) is 4.94. The summed E-state index contributed by atoms with van der Waals surface area (Å²) in [4.78, 5) is 50.0. The minimum absolute atomic E-state index is 0.164. The van der Waals surface area contributed by atoms with Gasteiger partial charge >= 0.3 is 23.9 Å². The summed E-state index contributed by atoms with van der Waals surface area (Å²) in [5.41, 5.74) is 0.626. The van der Waals surface area contributed by atoms with Crippen LogP contribution in [0, 0.1) is 17.8 Å². The second-order valence-electron chi connectivity index (χ2n) is 11.0. The Hall–Kier alpha value is -2.68. The van der Waals surface area contributed by atoms with E-state index >= 15 is 0 Å². The summed E-state index contributed by atoms with van der Waals surface area (Å²) in [5, 5.41) is 0. The summed E-state index contributed by atoms with van der Waals surface area (Å²) >= 11 is 0. The molecular formula is C29H44O9. The number of epoxide rings is 1. The number of hydrogen-bond donors (Lipinski definition) is 0. The molecule has 0 amide bonds. The van der Waals surface area contributed by atoms with E-state index in [9.17, 15) is 19.2 Å². The molecule has 0 aromatic carbocycles. The van der Waals surface area contributed by atoms with Gasteiger partial charge in [0.15, 0.2) is 6.10 Å². The van der Waals surface area contributed by atoms with Crippen molar-refractivity contribution in [3.05, 3.63) is 23.3 Å². The van der Waals surface area contributed by atoms with E-state index in [0.717, 1.165) is 5.57 Å². The highest BCUT2D eigenvalue weighted by molar-refractivity contribution is 5.88. The Morgan fingerprint density at radius 2 is 1.63 bits per heavy atom. The van der Waals surface area contributed by atoms with Crippen molar-refractivity contribution in [3.8, 4) is 0 Å². The number of ether oxygens (including phenoxy) is 5. The average Bonchev–Trinajstić information content (AvgIpc) is 3.49. The SMILES string of the molecule is CC=C(C)C(=O)OC1C(C)=CCCC2(C)OC2C(OC(=O)C(C)C(C)OC(C)=O)C(C(C)C)C1OC(C)=O. The fraction of sp³-hybridized carbons (Fsp3) is 0.724. The lowest BCUT2D eigenvalue weighted by atomic mass is 9.77. The summed E-state index contributed by atoms with van der Waals surface area (Å²) in [5.74, 6) is -3.60. The van der Waals surface area contributed by atoms with Crippen molar-refractivity contribution in [2.75, 3.05) is 0 Å². The molecule has 1 heterocycles. The van der Waals surface area contributed by atoms with Gasteiger partial charge in [-0.2, -0.15) is 0 Å². The highest BCUT2D eigenvalue weighted by Gasteiger charge is 2.61. The molecule has 0 aromatic heterocycles. The molecule has 9 heteroatoms. The highest BCUT2D eigenvalue weighted by atomic mass is 16.6. The van der Waals surface area contributed by atoms with Gasteiger partial charge in [0, 0.05) is 25.3 Å². The molecule has 1 aliphatic carbocycles. The molecule has 0 radical (unpaired) electrons. The first-order chi connectivity index (χ1) is 17.6. The van der Waals surface area contributed by atoms with Crippen molar-refractivity contribution < 1.29 is 42.9 Å². The molecule has 0 N–H and O–H groups in total. The molecule has 0 saturated carbocycles. The number of rotatable bonds is 8. The first kappa shape index (κ1) is 31.5. The predicted molar refractivity (Wildman–Crippen MR) is 140 cm³/mol. The topological polar surface area (TPSA) is 118 Å². The van der Waals surface area contributed by atoms with Gasteiger partial charge in [-0.15, -0.1) is 0 Å². The van der Waals surface area contributed by atoms with Crippen molar-refractivity contribution in [2.45, 2.75) is 118 Å². The minimum atomic E-state index is -0.942. The Balaban J connectivity index is 2.58. The predicted octanol–water partition coefficient (Wildman–Crippen LogP) is 4.47. The van der Waals surface area contributed by atoms with Crippen LogP contribution in [0.3, 0.4) is 0 Å². The van der Waals surface area contributed by atoms with Gasteiger partial charge in [0.05, 0.1) is 11.5 Å². The molecule has 1 aliphatic heterocycles. The molecule has 1 saturated heterocycles. The van der Waals surface area contributed by atoms with E-state index in [-0.39, 0.29) is 5.92 Å². The van der Waals surface area contributed by atoms with E-state index in [4.69, 9.17) is 23.7 Å². The smallest absolute Gasteiger partial charge is 0.334 e. The molecule has 0 spiro atoms. The lowest BCUT2D eigenvalue weighted by Crippen LogP contribution is -2.52. The molecule has 2 rings (SSSR count). The number of carbonyl (C=O) groups excluding carboxylic acids is 4. The van der Waals surface area contributed by atoms with Gasteiger partial charge in [-0.3, -0.25) is 14.4 Å². The first-order valence-corrected chi connectivity index (χ1v) is 13.4. The van der Waals surface area contributed by atoms with Gasteiger partial charge in [-0.05, 0) is 65.9 Å². The van der Waals surface area contributed by atoms with Gasteiger partial charge in [0.1, 0.15) is 24.4 Å². The molecule has 38 heavy (non-hydrogen) atoms. The second kappa shape index (κ2) is 12.9. The lowest BCUT2D eigenvalue weighted by Gasteiger charge is -2.39. The largest absolute Gasteiger partial charge is 0.462 e. The first-order valence-electron chi connectivity index (χ1n) is 13.4. The average molecular weight is 537 g/mol. The molecular weight excluding hydrogens is 492 g/mol. The molecule has 8 atom stereocenters. The van der Waals surface area contributed by atoms with Crippen LogP contribution in [-0.4, -0.2) is 60.0 Å². The van der Waals surface area contributed by atoms with E-state index in [0.29, 0.717) is 18.4 Å². The number of hydrogen-bond acceptors (Lipinski definition) is 9. The van der Waals surface area contributed by atoms with Gasteiger partial charge in [-0.1, -0.05) is 26.0 Å². The molecule has 0 aromatic rings. The molecule has 9 nitrogen and oxygen atoms in total. The van der Waals surface area contributed by atoms with E-state index in [1.165, 1.54) is 13.8 Å². The van der Waals surface area contributed by atoms with Crippen molar-refractivity contribution in [1.29, 1.82) is 0 Å². The van der Waals surface area contributed by atoms with Crippen LogP contribution in [-0.2, 0) is 42.9 Å². The van der Waals surface area contributed by atoms with Crippen LogP contribution in [0.1, 0.15) is 82.1 Å². The summed E-state index contributed by atoms with van der Waals surface area (Å²) in [6.45, 7) is 16.9. The normalized spacial score (nSPS) is 31.2. The Morgan fingerprint density at radius 1 is 1.00 bits per heavy atom. The third-order valence-electron chi connectivity index (χ3n) is 7.59. The van der Waals surface area contributed by atoms with Crippen molar-refractivity contribution in [1.82, 2.24) is 0 Å². The fourth-order valence-electron chi connectivity index (χ4n) is 4.94. The van der Waals surface area contributed by atoms with Gasteiger partial charge < -0.3 is 23.7 Å². The van der Waals surface area contributed by atoms with Crippen LogP contribution >= 0.6 is 0 Å². The number of allylic oxidation sites excluding steroid dienone is 2. The summed E-state index contributed by atoms with van der Waals surface area (Å²) < 4.78 is 29.3. The van der Waals surface area contributed by atoms with Crippen LogP contribution in [0.4, 0.5) is 0 Å². The molecule has 8 unspecified atom stereocenters. The maximum atomic E-state index is 13.3.